The number of carboxylic acids is 1. The minimum atomic E-state index is -0.587. The lowest BCUT2D eigenvalue weighted by Crippen LogP contribution is -2.65. The van der Waals surface area contributed by atoms with Crippen LogP contribution in [0.1, 0.15) is 184 Å². The summed E-state index contributed by atoms with van der Waals surface area (Å²) < 4.78 is 6.37. The van der Waals surface area contributed by atoms with Gasteiger partial charge in [-0.05, 0) is 142 Å². The first-order chi connectivity index (χ1) is 24.6. The number of fused-ring (bicyclic) bond motifs is 7. The number of carboxylic acid groups (broad SMARTS) is 1. The van der Waals surface area contributed by atoms with Crippen LogP contribution in [0.15, 0.2) is 48.1 Å². The fourth-order valence-electron chi connectivity index (χ4n) is 12.9. The van der Waals surface area contributed by atoms with Crippen LogP contribution < -0.4 is 0 Å². The summed E-state index contributed by atoms with van der Waals surface area (Å²) in [5.41, 5.74) is 1.39. The fourth-order valence-corrected chi connectivity index (χ4v) is 12.9. The van der Waals surface area contributed by atoms with Crippen LogP contribution in [0, 0.1) is 50.2 Å². The van der Waals surface area contributed by atoms with E-state index in [1.54, 1.807) is 0 Å². The Balaban J connectivity index is 1.13. The molecule has 5 rings (SSSR count). The number of rotatable bonds is 15. The summed E-state index contributed by atoms with van der Waals surface area (Å²) in [6.45, 7) is 19.4. The molecule has 8 atom stereocenters. The Labute approximate surface area is 318 Å². The number of aliphatic carboxylic acids is 1. The third-order valence-electron chi connectivity index (χ3n) is 16.3. The van der Waals surface area contributed by atoms with Crippen molar-refractivity contribution in [3.8, 4) is 0 Å². The van der Waals surface area contributed by atoms with Gasteiger partial charge in [0.15, 0.2) is 0 Å². The average molecular weight is 717 g/mol. The lowest BCUT2D eigenvalue weighted by atomic mass is 9.33. The molecule has 0 saturated heterocycles. The van der Waals surface area contributed by atoms with E-state index in [1.165, 1.54) is 31.3 Å². The third kappa shape index (κ3) is 7.84. The van der Waals surface area contributed by atoms with Gasteiger partial charge in [0.2, 0.25) is 0 Å². The molecule has 4 saturated carbocycles. The molecule has 4 nitrogen and oxygen atoms in total. The normalized spacial score (nSPS) is 38.0. The van der Waals surface area contributed by atoms with Crippen LogP contribution in [0.5, 0.6) is 0 Å². The van der Waals surface area contributed by atoms with Crippen LogP contribution in [0.25, 0.3) is 0 Å². The van der Waals surface area contributed by atoms with E-state index in [0.717, 1.165) is 96.3 Å². The number of carbonyl (C=O) groups excluding carboxylic acids is 1. The Hall–Kier alpha value is -2.10. The van der Waals surface area contributed by atoms with Crippen molar-refractivity contribution in [2.75, 3.05) is 0 Å². The number of allylic oxidation sites excluding steroid dienone is 8. The van der Waals surface area contributed by atoms with E-state index in [0.29, 0.717) is 18.3 Å². The van der Waals surface area contributed by atoms with Gasteiger partial charge < -0.3 is 9.84 Å². The SMILES string of the molecule is CCC=CCC=CCC=CCCCCCCCC(=O)O[C@H]1CC[C@]2(C)[C@H]3CC=C4[C@@H]5CC(C)(C)CC[C@]5(C(=O)O)CC[C@@]4(C)[C@]3(C)CC[C@H]2C1(C)C. The molecule has 0 bridgehead atoms. The zero-order valence-electron chi connectivity index (χ0n) is 34.7. The van der Waals surface area contributed by atoms with E-state index in [2.05, 4.69) is 97.9 Å². The molecule has 0 aromatic carbocycles. The zero-order valence-corrected chi connectivity index (χ0v) is 34.7. The summed E-state index contributed by atoms with van der Waals surface area (Å²) in [7, 11) is 0. The monoisotopic (exact) mass is 717 g/mol. The van der Waals surface area contributed by atoms with E-state index in [-0.39, 0.29) is 45.1 Å². The van der Waals surface area contributed by atoms with Gasteiger partial charge >= 0.3 is 11.9 Å². The van der Waals surface area contributed by atoms with Crippen molar-refractivity contribution in [1.82, 2.24) is 0 Å². The molecular weight excluding hydrogens is 641 g/mol. The first-order valence-corrected chi connectivity index (χ1v) is 21.7. The van der Waals surface area contributed by atoms with Crippen molar-refractivity contribution in [2.24, 2.45) is 50.2 Å². The number of esters is 1. The summed E-state index contributed by atoms with van der Waals surface area (Å²) in [6, 6.07) is 0. The highest BCUT2D eigenvalue weighted by Gasteiger charge is 2.69. The molecule has 5 aliphatic rings. The van der Waals surface area contributed by atoms with Crippen molar-refractivity contribution in [3.63, 3.8) is 0 Å². The van der Waals surface area contributed by atoms with Gasteiger partial charge in [-0.15, -0.1) is 0 Å². The highest BCUT2D eigenvalue weighted by molar-refractivity contribution is 5.76. The average Bonchev–Trinajstić information content (AvgIpc) is 3.07. The molecule has 4 heteroatoms. The first kappa shape index (κ1) is 41.1. The van der Waals surface area contributed by atoms with Crippen molar-refractivity contribution < 1.29 is 19.4 Å². The molecule has 0 aromatic rings. The van der Waals surface area contributed by atoms with Crippen molar-refractivity contribution in [2.45, 2.75) is 190 Å². The number of carbonyl (C=O) groups is 2. The third-order valence-corrected chi connectivity index (χ3v) is 16.3. The molecule has 0 aliphatic heterocycles. The van der Waals surface area contributed by atoms with E-state index in [9.17, 15) is 14.7 Å². The second-order valence-electron chi connectivity index (χ2n) is 20.1. The smallest absolute Gasteiger partial charge is 0.310 e. The molecular formula is C48H76O4. The summed E-state index contributed by atoms with van der Waals surface area (Å²) in [4.78, 5) is 26.2. The molecule has 0 heterocycles. The largest absolute Gasteiger partial charge is 0.481 e. The Morgan fingerprint density at radius 3 is 2.13 bits per heavy atom. The van der Waals surface area contributed by atoms with Crippen molar-refractivity contribution in [1.29, 1.82) is 0 Å². The maximum atomic E-state index is 13.2. The molecule has 292 valence electrons. The van der Waals surface area contributed by atoms with Gasteiger partial charge in [-0.1, -0.05) is 123 Å². The number of ether oxygens (including phenoxy) is 1. The van der Waals surface area contributed by atoms with Crippen LogP contribution in [0.2, 0.25) is 0 Å². The Morgan fingerprint density at radius 2 is 1.42 bits per heavy atom. The molecule has 0 radical (unpaired) electrons. The number of hydrogen-bond donors (Lipinski definition) is 1. The van der Waals surface area contributed by atoms with Gasteiger partial charge in [-0.2, -0.15) is 0 Å². The van der Waals surface area contributed by atoms with E-state index < -0.39 is 11.4 Å². The minimum absolute atomic E-state index is 0.000719. The predicted octanol–water partition coefficient (Wildman–Crippen LogP) is 13.4. The van der Waals surface area contributed by atoms with Crippen LogP contribution in [0.4, 0.5) is 0 Å². The standard InChI is InChI=1S/C48H76O4/c1-9-10-11-12-13-14-15-16-17-18-19-20-21-22-23-24-41(49)52-40-28-29-45(6)38(44(40,4)5)27-30-47(8)39(45)26-25-36-37-35-43(2,3)31-33-48(37,42(50)51)34-32-46(36,47)7/h10-11,13-14,16-17,25,37-40H,9,12,15,18-24,26-35H2,1-8H3,(H,50,51)/t37-,38-,39+,40-,45-,46+,47+,48-/m0/s1. The molecule has 0 spiro atoms. The van der Waals surface area contributed by atoms with E-state index in [1.807, 2.05) is 0 Å². The number of unbranched alkanes of at least 4 members (excludes halogenated alkanes) is 5. The van der Waals surface area contributed by atoms with Crippen LogP contribution in [0.3, 0.4) is 0 Å². The lowest BCUT2D eigenvalue weighted by Gasteiger charge is -2.71. The number of hydrogen-bond acceptors (Lipinski definition) is 3. The Morgan fingerprint density at radius 1 is 0.769 bits per heavy atom. The maximum absolute atomic E-state index is 13.2. The quantitative estimate of drug-likeness (QED) is 0.104. The van der Waals surface area contributed by atoms with E-state index >= 15 is 0 Å². The van der Waals surface area contributed by atoms with Gasteiger partial charge in [0.1, 0.15) is 6.10 Å². The molecule has 1 N–H and O–H groups in total. The minimum Gasteiger partial charge on any atom is -0.481 e. The molecule has 0 aromatic heterocycles. The van der Waals surface area contributed by atoms with Gasteiger partial charge in [-0.3, -0.25) is 9.59 Å². The lowest BCUT2D eigenvalue weighted by molar-refractivity contribution is -0.214. The van der Waals surface area contributed by atoms with Crippen LogP contribution in [-0.2, 0) is 14.3 Å². The highest BCUT2D eigenvalue weighted by atomic mass is 16.5. The van der Waals surface area contributed by atoms with Crippen LogP contribution in [-0.4, -0.2) is 23.1 Å². The summed E-state index contributed by atoms with van der Waals surface area (Å²) >= 11 is 0. The van der Waals surface area contributed by atoms with Gasteiger partial charge in [0.25, 0.3) is 0 Å². The van der Waals surface area contributed by atoms with Gasteiger partial charge in [0.05, 0.1) is 5.41 Å². The molecule has 5 aliphatic carbocycles. The van der Waals surface area contributed by atoms with Gasteiger partial charge in [-0.25, -0.2) is 0 Å². The molecule has 0 amide bonds. The van der Waals surface area contributed by atoms with Crippen molar-refractivity contribution >= 4 is 11.9 Å². The van der Waals surface area contributed by atoms with E-state index in [4.69, 9.17) is 4.74 Å². The Kier molecular flexibility index (Phi) is 12.9. The van der Waals surface area contributed by atoms with Gasteiger partial charge in [0, 0.05) is 11.8 Å². The second-order valence-corrected chi connectivity index (χ2v) is 20.1. The summed E-state index contributed by atoms with van der Waals surface area (Å²) in [5, 5.41) is 10.7. The molecule has 0 unspecified atom stereocenters. The fraction of sp³-hybridized carbons (Fsp3) is 0.792. The second kappa shape index (κ2) is 16.3. The molecule has 52 heavy (non-hydrogen) atoms. The Bertz CT molecular complexity index is 1380. The summed E-state index contributed by atoms with van der Waals surface area (Å²) in [5.74, 6) is 0.665. The zero-order chi connectivity index (χ0) is 37.8. The molecule has 4 fully saturated rings. The topological polar surface area (TPSA) is 63.6 Å². The first-order valence-electron chi connectivity index (χ1n) is 21.7. The highest BCUT2D eigenvalue weighted by Crippen LogP contribution is 2.75. The maximum Gasteiger partial charge on any atom is 0.310 e. The summed E-state index contributed by atoms with van der Waals surface area (Å²) in [6.07, 6.45) is 36.7. The van der Waals surface area contributed by atoms with Crippen LogP contribution >= 0.6 is 0 Å². The van der Waals surface area contributed by atoms with Crippen molar-refractivity contribution in [3.05, 3.63) is 48.1 Å². The predicted molar refractivity (Wildman–Crippen MR) is 216 cm³/mol.